The Morgan fingerprint density at radius 3 is 2.96 bits per heavy atom. The highest BCUT2D eigenvalue weighted by molar-refractivity contribution is 7.99. The van der Waals surface area contributed by atoms with Crippen molar-refractivity contribution in [1.29, 1.82) is 0 Å². The lowest BCUT2D eigenvalue weighted by molar-refractivity contribution is -0.0123. The summed E-state index contributed by atoms with van der Waals surface area (Å²) in [4.78, 5) is 19.4. The van der Waals surface area contributed by atoms with Crippen LogP contribution in [-0.4, -0.2) is 76.0 Å². The molecule has 150 valence electrons. The number of rotatable bonds is 5. The smallest absolute Gasteiger partial charge is 0.319 e. The second kappa shape index (κ2) is 8.50. The molecule has 0 aliphatic carbocycles. The first kappa shape index (κ1) is 19.2. The largest absolute Gasteiger partial charge is 0.379 e. The van der Waals surface area contributed by atoms with E-state index >= 15 is 0 Å². The number of benzene rings is 1. The second-order valence-electron chi connectivity index (χ2n) is 7.26. The number of aryl methyl sites for hydroxylation is 1. The summed E-state index contributed by atoms with van der Waals surface area (Å²) in [5.41, 5.74) is 1.61. The van der Waals surface area contributed by atoms with Crippen LogP contribution in [0.25, 0.3) is 11.4 Å². The molecule has 28 heavy (non-hydrogen) atoms. The minimum atomic E-state index is -0.187. The molecule has 4 rings (SSSR count). The van der Waals surface area contributed by atoms with E-state index in [-0.39, 0.29) is 11.6 Å². The number of hydrogen-bond acceptors (Lipinski definition) is 6. The number of amides is 2. The third-order valence-electron chi connectivity index (χ3n) is 5.32. The predicted octanol–water partition coefficient (Wildman–Crippen LogP) is 2.11. The third-order valence-corrected chi connectivity index (χ3v) is 6.55. The van der Waals surface area contributed by atoms with Gasteiger partial charge in [-0.25, -0.2) is 9.78 Å². The van der Waals surface area contributed by atoms with Crippen LogP contribution >= 0.6 is 11.8 Å². The summed E-state index contributed by atoms with van der Waals surface area (Å²) in [6.45, 7) is 5.91. The van der Waals surface area contributed by atoms with Crippen molar-refractivity contribution in [3.05, 3.63) is 30.1 Å². The lowest BCUT2D eigenvalue weighted by atomic mass is 9.95. The quantitative estimate of drug-likeness (QED) is 0.709. The molecule has 2 aliphatic heterocycles. The Labute approximate surface area is 168 Å². The number of thioether (sulfide) groups is 1. The molecule has 2 fully saturated rings. The number of nitrogens with one attached hydrogen (secondary N) is 3. The van der Waals surface area contributed by atoms with Crippen LogP contribution in [0.2, 0.25) is 0 Å². The monoisotopic (exact) mass is 402 g/mol. The van der Waals surface area contributed by atoms with Gasteiger partial charge in [0.15, 0.2) is 5.82 Å². The van der Waals surface area contributed by atoms with Crippen LogP contribution in [0, 0.1) is 6.92 Å². The fourth-order valence-electron chi connectivity index (χ4n) is 3.76. The lowest BCUT2D eigenvalue weighted by Crippen LogP contribution is -2.59. The Balaban J connectivity index is 1.37. The Bertz CT molecular complexity index is 814. The molecule has 2 aromatic rings. The first-order chi connectivity index (χ1) is 13.6. The van der Waals surface area contributed by atoms with Gasteiger partial charge < -0.3 is 15.4 Å². The Kier molecular flexibility index (Phi) is 5.84. The number of nitrogens with zero attached hydrogens (tertiary/aromatic N) is 3. The van der Waals surface area contributed by atoms with E-state index in [0.717, 1.165) is 61.3 Å². The lowest BCUT2D eigenvalue weighted by Gasteiger charge is -2.43. The number of carbonyl (C=O) groups is 1. The maximum Gasteiger partial charge on any atom is 0.319 e. The summed E-state index contributed by atoms with van der Waals surface area (Å²) in [5.74, 6) is 3.57. The first-order valence-electron chi connectivity index (χ1n) is 9.59. The molecular formula is C19H26N6O2S. The zero-order valence-corrected chi connectivity index (χ0v) is 16.8. The van der Waals surface area contributed by atoms with E-state index < -0.39 is 0 Å². The summed E-state index contributed by atoms with van der Waals surface area (Å²) in [6.07, 6.45) is 1.09. The molecule has 1 aromatic heterocycles. The van der Waals surface area contributed by atoms with E-state index in [0.29, 0.717) is 12.4 Å². The average molecular weight is 403 g/mol. The standard InChI is InChI=1S/C19H26N6O2S/c1-14-21-17(24-23-14)15-3-2-4-16(11-15)22-18(26)20-12-19(5-10-28-13-19)25-6-8-27-9-7-25/h2-4,11H,5-10,12-13H2,1H3,(H2,20,22,26)(H,21,23,24). The summed E-state index contributed by atoms with van der Waals surface area (Å²) in [6, 6.07) is 7.37. The number of urea groups is 1. The van der Waals surface area contributed by atoms with Crippen LogP contribution in [0.1, 0.15) is 12.2 Å². The average Bonchev–Trinajstić information content (AvgIpc) is 3.37. The van der Waals surface area contributed by atoms with Crippen molar-refractivity contribution in [2.75, 3.05) is 49.7 Å². The maximum absolute atomic E-state index is 12.5. The molecule has 2 amide bonds. The van der Waals surface area contributed by atoms with Gasteiger partial charge in [0.1, 0.15) is 5.82 Å². The van der Waals surface area contributed by atoms with Crippen LogP contribution in [0.5, 0.6) is 0 Å². The molecule has 1 unspecified atom stereocenters. The van der Waals surface area contributed by atoms with Gasteiger partial charge in [0.05, 0.1) is 13.2 Å². The zero-order valence-electron chi connectivity index (χ0n) is 16.0. The maximum atomic E-state index is 12.5. The van der Waals surface area contributed by atoms with Crippen molar-refractivity contribution < 1.29 is 9.53 Å². The molecule has 0 bridgehead atoms. The van der Waals surface area contributed by atoms with Gasteiger partial charge in [0.25, 0.3) is 0 Å². The molecule has 3 heterocycles. The molecule has 1 atom stereocenters. The number of aromatic nitrogens is 3. The number of morpholine rings is 1. The van der Waals surface area contributed by atoms with Crippen LogP contribution in [0.4, 0.5) is 10.5 Å². The molecule has 8 nitrogen and oxygen atoms in total. The van der Waals surface area contributed by atoms with E-state index in [2.05, 4.69) is 30.7 Å². The van der Waals surface area contributed by atoms with Gasteiger partial charge in [-0.3, -0.25) is 10.00 Å². The van der Waals surface area contributed by atoms with Crippen LogP contribution in [0.15, 0.2) is 24.3 Å². The van der Waals surface area contributed by atoms with Crippen LogP contribution in [0.3, 0.4) is 0 Å². The molecule has 9 heteroatoms. The normalized spacial score (nSPS) is 22.9. The third kappa shape index (κ3) is 4.31. The fourth-order valence-corrected chi connectivity index (χ4v) is 5.24. The number of carbonyl (C=O) groups excluding carboxylic acids is 1. The highest BCUT2D eigenvalue weighted by Crippen LogP contribution is 2.33. The van der Waals surface area contributed by atoms with E-state index in [1.54, 1.807) is 0 Å². The minimum absolute atomic E-state index is 0.0319. The highest BCUT2D eigenvalue weighted by Gasteiger charge is 2.40. The molecular weight excluding hydrogens is 376 g/mol. The van der Waals surface area contributed by atoms with E-state index in [1.165, 1.54) is 0 Å². The number of H-pyrrole nitrogens is 1. The van der Waals surface area contributed by atoms with E-state index in [1.807, 2.05) is 43.0 Å². The Morgan fingerprint density at radius 1 is 1.39 bits per heavy atom. The second-order valence-corrected chi connectivity index (χ2v) is 8.36. The van der Waals surface area contributed by atoms with Crippen molar-refractivity contribution in [3.8, 4) is 11.4 Å². The molecule has 0 radical (unpaired) electrons. The molecule has 0 spiro atoms. The SMILES string of the molecule is Cc1nc(-c2cccc(NC(=O)NCC3(N4CCOCC4)CCSC3)c2)n[nH]1. The zero-order chi connectivity index (χ0) is 19.4. The number of anilines is 1. The molecule has 1 aromatic carbocycles. The van der Waals surface area contributed by atoms with Crippen molar-refractivity contribution in [3.63, 3.8) is 0 Å². The van der Waals surface area contributed by atoms with Gasteiger partial charge in [-0.15, -0.1) is 0 Å². The van der Waals surface area contributed by atoms with Crippen molar-refractivity contribution in [2.24, 2.45) is 0 Å². The van der Waals surface area contributed by atoms with Gasteiger partial charge in [-0.2, -0.15) is 16.9 Å². The van der Waals surface area contributed by atoms with Crippen molar-refractivity contribution >= 4 is 23.5 Å². The Morgan fingerprint density at radius 2 is 2.25 bits per heavy atom. The van der Waals surface area contributed by atoms with Crippen molar-refractivity contribution in [1.82, 2.24) is 25.4 Å². The van der Waals surface area contributed by atoms with Gasteiger partial charge >= 0.3 is 6.03 Å². The van der Waals surface area contributed by atoms with Crippen molar-refractivity contribution in [2.45, 2.75) is 18.9 Å². The number of ether oxygens (including phenoxy) is 1. The molecule has 2 aliphatic rings. The van der Waals surface area contributed by atoms with Crippen LogP contribution < -0.4 is 10.6 Å². The van der Waals surface area contributed by atoms with Gasteiger partial charge in [-0.05, 0) is 31.2 Å². The predicted molar refractivity (Wildman–Crippen MR) is 111 cm³/mol. The summed E-state index contributed by atoms with van der Waals surface area (Å²) >= 11 is 1.96. The van der Waals surface area contributed by atoms with Gasteiger partial charge in [0.2, 0.25) is 0 Å². The number of hydrogen-bond donors (Lipinski definition) is 3. The van der Waals surface area contributed by atoms with E-state index in [9.17, 15) is 4.79 Å². The molecule has 3 N–H and O–H groups in total. The molecule has 0 saturated carbocycles. The Hall–Kier alpha value is -2.10. The summed E-state index contributed by atoms with van der Waals surface area (Å²) in [5, 5.41) is 13.0. The highest BCUT2D eigenvalue weighted by atomic mass is 32.2. The van der Waals surface area contributed by atoms with Gasteiger partial charge in [-0.1, -0.05) is 12.1 Å². The van der Waals surface area contributed by atoms with Gasteiger partial charge in [0, 0.05) is 42.2 Å². The fraction of sp³-hybridized carbons (Fsp3) is 0.526. The van der Waals surface area contributed by atoms with Crippen LogP contribution in [-0.2, 0) is 4.74 Å². The summed E-state index contributed by atoms with van der Waals surface area (Å²) < 4.78 is 5.50. The minimum Gasteiger partial charge on any atom is -0.379 e. The first-order valence-corrected chi connectivity index (χ1v) is 10.7. The number of aromatic amines is 1. The topological polar surface area (TPSA) is 95.2 Å². The summed E-state index contributed by atoms with van der Waals surface area (Å²) in [7, 11) is 0. The molecule has 2 saturated heterocycles. The van der Waals surface area contributed by atoms with E-state index in [4.69, 9.17) is 4.74 Å².